The number of ether oxygens (including phenoxy) is 1. The maximum absolute atomic E-state index is 5.65. The van der Waals surface area contributed by atoms with Crippen LogP contribution in [0, 0.1) is 3.57 Å². The van der Waals surface area contributed by atoms with Gasteiger partial charge in [-0.15, -0.1) is 0 Å². The van der Waals surface area contributed by atoms with Crippen LogP contribution in [-0.4, -0.2) is 9.78 Å². The fraction of sp³-hybridized carbons (Fsp3) is 0.182. The molecule has 1 heterocycles. The Bertz CT molecular complexity index is 453. The van der Waals surface area contributed by atoms with Crippen molar-refractivity contribution in [2.24, 2.45) is 7.05 Å². The normalized spacial score (nSPS) is 10.3. The second kappa shape index (κ2) is 4.65. The molecule has 0 aliphatic heterocycles. The van der Waals surface area contributed by atoms with Crippen LogP contribution in [0.1, 0.15) is 5.69 Å². The van der Waals surface area contributed by atoms with Crippen LogP contribution in [0.15, 0.2) is 36.5 Å². The predicted molar refractivity (Wildman–Crippen MR) is 66.7 cm³/mol. The van der Waals surface area contributed by atoms with Gasteiger partial charge in [-0.25, -0.2) is 0 Å². The molecule has 4 heteroatoms. The van der Waals surface area contributed by atoms with Crippen molar-refractivity contribution in [1.29, 1.82) is 0 Å². The summed E-state index contributed by atoms with van der Waals surface area (Å²) in [5, 5.41) is 4.24. The summed E-state index contributed by atoms with van der Waals surface area (Å²) in [6, 6.07) is 9.90. The highest BCUT2D eigenvalue weighted by molar-refractivity contribution is 14.1. The summed E-state index contributed by atoms with van der Waals surface area (Å²) in [4.78, 5) is 0. The van der Waals surface area contributed by atoms with Gasteiger partial charge in [-0.2, -0.15) is 5.10 Å². The number of benzene rings is 1. The van der Waals surface area contributed by atoms with Crippen molar-refractivity contribution in [3.63, 3.8) is 0 Å². The van der Waals surface area contributed by atoms with Crippen molar-refractivity contribution in [2.75, 3.05) is 0 Å². The lowest BCUT2D eigenvalue weighted by molar-refractivity contribution is 0.298. The van der Waals surface area contributed by atoms with Crippen LogP contribution in [0.4, 0.5) is 0 Å². The fourth-order valence-corrected chi connectivity index (χ4v) is 1.80. The van der Waals surface area contributed by atoms with E-state index in [0.29, 0.717) is 6.61 Å². The van der Waals surface area contributed by atoms with Gasteiger partial charge in [-0.3, -0.25) is 4.68 Å². The van der Waals surface area contributed by atoms with E-state index in [0.717, 1.165) is 15.0 Å². The van der Waals surface area contributed by atoms with Crippen molar-refractivity contribution >= 4 is 22.6 Å². The molecule has 0 unspecified atom stereocenters. The molecule has 78 valence electrons. The van der Waals surface area contributed by atoms with Crippen LogP contribution in [0.25, 0.3) is 0 Å². The van der Waals surface area contributed by atoms with Gasteiger partial charge >= 0.3 is 0 Å². The second-order valence-corrected chi connectivity index (χ2v) is 4.36. The highest BCUT2D eigenvalue weighted by atomic mass is 127. The Morgan fingerprint density at radius 3 is 2.80 bits per heavy atom. The van der Waals surface area contributed by atoms with Crippen molar-refractivity contribution in [3.8, 4) is 5.75 Å². The van der Waals surface area contributed by atoms with E-state index in [4.69, 9.17) is 4.74 Å². The lowest BCUT2D eigenvalue weighted by atomic mass is 10.3. The molecular formula is C11H11IN2O. The van der Waals surface area contributed by atoms with Gasteiger partial charge in [0.2, 0.25) is 0 Å². The molecule has 2 aromatic rings. The van der Waals surface area contributed by atoms with Crippen molar-refractivity contribution in [1.82, 2.24) is 9.78 Å². The Balaban J connectivity index is 2.02. The molecule has 0 saturated heterocycles. The summed E-state index contributed by atoms with van der Waals surface area (Å²) in [5.74, 6) is 0.906. The lowest BCUT2D eigenvalue weighted by Gasteiger charge is -2.05. The zero-order valence-electron chi connectivity index (χ0n) is 8.35. The molecular weight excluding hydrogens is 303 g/mol. The van der Waals surface area contributed by atoms with Crippen LogP contribution in [0.5, 0.6) is 5.75 Å². The molecule has 0 fully saturated rings. The van der Waals surface area contributed by atoms with Crippen LogP contribution in [0.3, 0.4) is 0 Å². The number of aryl methyl sites for hydroxylation is 1. The highest BCUT2D eigenvalue weighted by Gasteiger charge is 2.01. The van der Waals surface area contributed by atoms with E-state index in [1.54, 1.807) is 4.68 Å². The van der Waals surface area contributed by atoms with Gasteiger partial charge in [0.1, 0.15) is 12.4 Å². The van der Waals surface area contributed by atoms with E-state index in [1.807, 2.05) is 43.6 Å². The maximum Gasteiger partial charge on any atom is 0.133 e. The zero-order chi connectivity index (χ0) is 10.7. The summed E-state index contributed by atoms with van der Waals surface area (Å²) >= 11 is 2.26. The fourth-order valence-electron chi connectivity index (χ4n) is 1.25. The minimum Gasteiger partial charge on any atom is -0.486 e. The molecule has 0 aliphatic rings. The number of nitrogens with zero attached hydrogens (tertiary/aromatic N) is 2. The molecule has 3 nitrogen and oxygen atoms in total. The molecule has 0 atom stereocenters. The van der Waals surface area contributed by atoms with E-state index >= 15 is 0 Å². The summed E-state index contributed by atoms with van der Waals surface area (Å²) in [6.07, 6.45) is 1.91. The first-order valence-corrected chi connectivity index (χ1v) is 5.69. The minimum atomic E-state index is 0.515. The van der Waals surface area contributed by atoms with Gasteiger partial charge < -0.3 is 4.74 Å². The Morgan fingerprint density at radius 2 is 2.13 bits per heavy atom. The average molecular weight is 314 g/mol. The van der Waals surface area contributed by atoms with Gasteiger partial charge in [0.05, 0.1) is 9.26 Å². The van der Waals surface area contributed by atoms with Crippen LogP contribution in [-0.2, 0) is 13.7 Å². The first-order chi connectivity index (χ1) is 7.25. The van der Waals surface area contributed by atoms with Gasteiger partial charge in [-0.1, -0.05) is 12.1 Å². The summed E-state index contributed by atoms with van der Waals surface area (Å²) in [6.45, 7) is 0.515. The topological polar surface area (TPSA) is 27.1 Å². The number of aromatic nitrogens is 2. The number of hydrogen-bond donors (Lipinski definition) is 0. The number of para-hydroxylation sites is 1. The average Bonchev–Trinajstić information content (AvgIpc) is 2.63. The van der Waals surface area contributed by atoms with E-state index < -0.39 is 0 Å². The van der Waals surface area contributed by atoms with Gasteiger partial charge in [0.15, 0.2) is 0 Å². The molecule has 1 aromatic heterocycles. The Hall–Kier alpha value is -1.04. The molecule has 0 radical (unpaired) electrons. The quantitative estimate of drug-likeness (QED) is 0.814. The summed E-state index contributed by atoms with van der Waals surface area (Å²) in [5.41, 5.74) is 0.942. The third-order valence-corrected chi connectivity index (χ3v) is 2.87. The molecule has 1 aromatic carbocycles. The molecule has 0 amide bonds. The molecule has 0 aliphatic carbocycles. The van der Waals surface area contributed by atoms with E-state index in [9.17, 15) is 0 Å². The number of hydrogen-bond acceptors (Lipinski definition) is 2. The molecule has 0 bridgehead atoms. The predicted octanol–water partition coefficient (Wildman–Crippen LogP) is 2.60. The first-order valence-electron chi connectivity index (χ1n) is 4.61. The van der Waals surface area contributed by atoms with E-state index in [-0.39, 0.29) is 0 Å². The second-order valence-electron chi connectivity index (χ2n) is 3.20. The Kier molecular flexibility index (Phi) is 3.25. The van der Waals surface area contributed by atoms with Crippen molar-refractivity contribution in [3.05, 3.63) is 45.8 Å². The third-order valence-electron chi connectivity index (χ3n) is 1.98. The standard InChI is InChI=1S/C11H11IN2O/c1-14-7-6-9(13-14)8-15-11-5-3-2-4-10(11)12/h2-7H,8H2,1H3. The lowest BCUT2D eigenvalue weighted by Crippen LogP contribution is -1.98. The van der Waals surface area contributed by atoms with Crippen LogP contribution < -0.4 is 4.74 Å². The Labute approximate surface area is 102 Å². The minimum absolute atomic E-state index is 0.515. The SMILES string of the molecule is Cn1ccc(COc2ccccc2I)n1. The largest absolute Gasteiger partial charge is 0.486 e. The molecule has 0 N–H and O–H groups in total. The van der Waals surface area contributed by atoms with E-state index in [1.165, 1.54) is 0 Å². The summed E-state index contributed by atoms with van der Waals surface area (Å²) in [7, 11) is 1.90. The molecule has 0 saturated carbocycles. The molecule has 2 rings (SSSR count). The van der Waals surface area contributed by atoms with Crippen molar-refractivity contribution in [2.45, 2.75) is 6.61 Å². The van der Waals surface area contributed by atoms with Crippen LogP contribution >= 0.6 is 22.6 Å². The zero-order valence-corrected chi connectivity index (χ0v) is 10.5. The molecule has 0 spiro atoms. The highest BCUT2D eigenvalue weighted by Crippen LogP contribution is 2.20. The number of rotatable bonds is 3. The van der Waals surface area contributed by atoms with E-state index in [2.05, 4.69) is 27.7 Å². The smallest absolute Gasteiger partial charge is 0.133 e. The third kappa shape index (κ3) is 2.71. The van der Waals surface area contributed by atoms with Gasteiger partial charge in [0.25, 0.3) is 0 Å². The number of halogens is 1. The van der Waals surface area contributed by atoms with Crippen LogP contribution in [0.2, 0.25) is 0 Å². The first kappa shape index (κ1) is 10.5. The molecule has 15 heavy (non-hydrogen) atoms. The Morgan fingerprint density at radius 1 is 1.33 bits per heavy atom. The summed E-state index contributed by atoms with van der Waals surface area (Å²) < 4.78 is 8.54. The van der Waals surface area contributed by atoms with Gasteiger partial charge in [0, 0.05) is 13.2 Å². The van der Waals surface area contributed by atoms with Crippen molar-refractivity contribution < 1.29 is 4.74 Å². The monoisotopic (exact) mass is 314 g/mol. The maximum atomic E-state index is 5.65. The van der Waals surface area contributed by atoms with Gasteiger partial charge in [-0.05, 0) is 40.8 Å².